The zero-order valence-corrected chi connectivity index (χ0v) is 10.7. The molecule has 19 heavy (non-hydrogen) atoms. The minimum absolute atomic E-state index is 0.0351. The van der Waals surface area contributed by atoms with Crippen molar-refractivity contribution in [3.63, 3.8) is 0 Å². The van der Waals surface area contributed by atoms with E-state index in [4.69, 9.17) is 11.1 Å². The van der Waals surface area contributed by atoms with Gasteiger partial charge in [-0.15, -0.1) is 0 Å². The Morgan fingerprint density at radius 1 is 1.26 bits per heavy atom. The van der Waals surface area contributed by atoms with Crippen molar-refractivity contribution >= 4 is 28.6 Å². The lowest BCUT2D eigenvalue weighted by molar-refractivity contribution is 1.08. The first-order valence-electron chi connectivity index (χ1n) is 5.65. The molecule has 0 atom stereocenters. The maximum Gasteiger partial charge on any atom is 0.171 e. The van der Waals surface area contributed by atoms with E-state index in [0.29, 0.717) is 5.69 Å². The van der Waals surface area contributed by atoms with Gasteiger partial charge in [0.1, 0.15) is 11.5 Å². The van der Waals surface area contributed by atoms with Gasteiger partial charge in [-0.05, 0) is 24.3 Å². The lowest BCUT2D eigenvalue weighted by Gasteiger charge is -2.00. The Morgan fingerprint density at radius 3 is 2.89 bits per heavy atom. The molecule has 0 unspecified atom stereocenters. The molecule has 0 saturated heterocycles. The molecular formula is C13H11N5S. The summed E-state index contributed by atoms with van der Waals surface area (Å²) in [5.41, 5.74) is 7.84. The topological polar surface area (TPSA) is 91.4 Å². The van der Waals surface area contributed by atoms with Crippen molar-refractivity contribution in [2.45, 2.75) is 10.1 Å². The first-order valence-corrected chi connectivity index (χ1v) is 6.47. The van der Waals surface area contributed by atoms with E-state index < -0.39 is 0 Å². The minimum atomic E-state index is -0.0351. The average molecular weight is 269 g/mol. The molecule has 4 N–H and O–H groups in total. The fraction of sp³-hybridized carbons (Fsp3) is 0. The number of hydrogen-bond donors (Lipinski definition) is 3. The number of hydrogen-bond acceptors (Lipinski definition) is 4. The van der Waals surface area contributed by atoms with E-state index in [-0.39, 0.29) is 5.84 Å². The Hall–Kier alpha value is -2.34. The summed E-state index contributed by atoms with van der Waals surface area (Å²) >= 11 is 1.49. The van der Waals surface area contributed by atoms with Crippen molar-refractivity contribution in [1.82, 2.24) is 15.0 Å². The number of benzene rings is 1. The number of amidine groups is 1. The zero-order chi connectivity index (χ0) is 13.2. The fourth-order valence-corrected chi connectivity index (χ4v) is 2.54. The molecule has 0 saturated carbocycles. The molecule has 0 spiro atoms. The quantitative estimate of drug-likeness (QED) is 0.503. The smallest absolute Gasteiger partial charge is 0.171 e. The molecule has 3 aromatic rings. The summed E-state index contributed by atoms with van der Waals surface area (Å²) < 4.78 is 0. The van der Waals surface area contributed by atoms with Crippen molar-refractivity contribution < 1.29 is 0 Å². The Kier molecular flexibility index (Phi) is 2.92. The lowest BCUT2D eigenvalue weighted by atomic mass is 10.3. The van der Waals surface area contributed by atoms with E-state index in [1.807, 2.05) is 30.3 Å². The van der Waals surface area contributed by atoms with Gasteiger partial charge in [0.05, 0.1) is 11.0 Å². The number of nitrogens with one attached hydrogen (secondary N) is 2. The zero-order valence-electron chi connectivity index (χ0n) is 9.92. The van der Waals surface area contributed by atoms with E-state index in [1.165, 1.54) is 11.8 Å². The standard InChI is InChI=1S/C13H11N5S/c14-12(15)11-7-8(5-6-16-11)19-13-17-9-3-1-2-4-10(9)18-13/h1-7H,(H3,14,15)(H,17,18). The molecular weight excluding hydrogens is 258 g/mol. The maximum absolute atomic E-state index is 7.38. The van der Waals surface area contributed by atoms with Gasteiger partial charge in [0.15, 0.2) is 5.16 Å². The number of nitrogens with two attached hydrogens (primary N) is 1. The van der Waals surface area contributed by atoms with Gasteiger partial charge in [-0.25, -0.2) is 4.98 Å². The number of pyridine rings is 1. The summed E-state index contributed by atoms with van der Waals surface area (Å²) in [6.45, 7) is 0. The van der Waals surface area contributed by atoms with Crippen LogP contribution in [0.3, 0.4) is 0 Å². The van der Waals surface area contributed by atoms with Crippen LogP contribution in [0, 0.1) is 5.41 Å². The highest BCUT2D eigenvalue weighted by Gasteiger charge is 2.06. The number of nitrogens with zero attached hydrogens (tertiary/aromatic N) is 2. The molecule has 5 nitrogen and oxygen atoms in total. The molecule has 2 heterocycles. The largest absolute Gasteiger partial charge is 0.382 e. The van der Waals surface area contributed by atoms with E-state index >= 15 is 0 Å². The number of nitrogen functional groups attached to an aromatic ring is 1. The van der Waals surface area contributed by atoms with Crippen LogP contribution in [0.2, 0.25) is 0 Å². The van der Waals surface area contributed by atoms with E-state index in [9.17, 15) is 0 Å². The molecule has 3 rings (SSSR count). The van der Waals surface area contributed by atoms with E-state index in [0.717, 1.165) is 21.1 Å². The number of rotatable bonds is 3. The molecule has 0 aliphatic carbocycles. The molecule has 2 aromatic heterocycles. The third-order valence-corrected chi connectivity index (χ3v) is 3.47. The monoisotopic (exact) mass is 269 g/mol. The van der Waals surface area contributed by atoms with Crippen LogP contribution in [0.1, 0.15) is 5.69 Å². The predicted molar refractivity (Wildman–Crippen MR) is 75.5 cm³/mol. The van der Waals surface area contributed by atoms with E-state index in [1.54, 1.807) is 12.3 Å². The summed E-state index contributed by atoms with van der Waals surface area (Å²) in [4.78, 5) is 12.7. The number of fused-ring (bicyclic) bond motifs is 1. The molecule has 1 aromatic carbocycles. The summed E-state index contributed by atoms with van der Waals surface area (Å²) in [5, 5.41) is 8.19. The Morgan fingerprint density at radius 2 is 2.11 bits per heavy atom. The van der Waals surface area contributed by atoms with Crippen LogP contribution in [0.4, 0.5) is 0 Å². The normalized spacial score (nSPS) is 10.7. The van der Waals surface area contributed by atoms with Crippen LogP contribution in [0.5, 0.6) is 0 Å². The highest BCUT2D eigenvalue weighted by atomic mass is 32.2. The second kappa shape index (κ2) is 4.74. The van der Waals surface area contributed by atoms with Gasteiger partial charge < -0.3 is 10.7 Å². The van der Waals surface area contributed by atoms with Crippen LogP contribution < -0.4 is 5.73 Å². The third kappa shape index (κ3) is 2.43. The predicted octanol–water partition coefficient (Wildman–Crippen LogP) is 2.39. The van der Waals surface area contributed by atoms with Gasteiger partial charge in [-0.2, -0.15) is 0 Å². The highest BCUT2D eigenvalue weighted by Crippen LogP contribution is 2.27. The molecule has 6 heteroatoms. The van der Waals surface area contributed by atoms with E-state index in [2.05, 4.69) is 15.0 Å². The Labute approximate surface area is 113 Å². The second-order valence-corrected chi connectivity index (χ2v) is 5.01. The Bertz CT molecular complexity index is 716. The molecule has 94 valence electrons. The summed E-state index contributed by atoms with van der Waals surface area (Å²) in [6, 6.07) is 11.5. The molecule has 0 amide bonds. The van der Waals surface area contributed by atoms with Gasteiger partial charge in [-0.1, -0.05) is 23.9 Å². The van der Waals surface area contributed by atoms with Gasteiger partial charge in [-0.3, -0.25) is 10.4 Å². The van der Waals surface area contributed by atoms with Crippen LogP contribution in [0.25, 0.3) is 11.0 Å². The second-order valence-electron chi connectivity index (χ2n) is 3.95. The number of imidazole rings is 1. The number of aromatic amines is 1. The van der Waals surface area contributed by atoms with Crippen molar-refractivity contribution in [2.24, 2.45) is 5.73 Å². The summed E-state index contributed by atoms with van der Waals surface area (Å²) in [6.07, 6.45) is 1.64. The van der Waals surface area contributed by atoms with Crippen LogP contribution in [0.15, 0.2) is 52.6 Å². The van der Waals surface area contributed by atoms with Gasteiger partial charge in [0.25, 0.3) is 0 Å². The van der Waals surface area contributed by atoms with Gasteiger partial charge in [0, 0.05) is 11.1 Å². The molecule has 0 aliphatic heterocycles. The number of H-pyrrole nitrogens is 1. The molecule has 0 aliphatic rings. The number of para-hydroxylation sites is 2. The average Bonchev–Trinajstić information content (AvgIpc) is 2.81. The lowest BCUT2D eigenvalue weighted by Crippen LogP contribution is -2.12. The van der Waals surface area contributed by atoms with Crippen molar-refractivity contribution in [2.75, 3.05) is 0 Å². The van der Waals surface area contributed by atoms with Crippen molar-refractivity contribution in [3.05, 3.63) is 48.3 Å². The highest BCUT2D eigenvalue weighted by molar-refractivity contribution is 7.99. The molecule has 0 radical (unpaired) electrons. The molecule has 0 fully saturated rings. The van der Waals surface area contributed by atoms with Crippen LogP contribution in [-0.2, 0) is 0 Å². The fourth-order valence-electron chi connectivity index (χ4n) is 1.71. The summed E-state index contributed by atoms with van der Waals surface area (Å²) in [5.74, 6) is -0.0351. The van der Waals surface area contributed by atoms with Crippen molar-refractivity contribution in [3.8, 4) is 0 Å². The molecule has 0 bridgehead atoms. The van der Waals surface area contributed by atoms with Crippen molar-refractivity contribution in [1.29, 1.82) is 5.41 Å². The van der Waals surface area contributed by atoms with Gasteiger partial charge in [0.2, 0.25) is 0 Å². The minimum Gasteiger partial charge on any atom is -0.382 e. The SMILES string of the molecule is N=C(N)c1cc(Sc2nc3ccccc3[nH]2)ccn1. The Balaban J connectivity index is 1.92. The first kappa shape index (κ1) is 11.7. The summed E-state index contributed by atoms with van der Waals surface area (Å²) in [7, 11) is 0. The van der Waals surface area contributed by atoms with Crippen LogP contribution >= 0.6 is 11.8 Å². The van der Waals surface area contributed by atoms with Gasteiger partial charge >= 0.3 is 0 Å². The maximum atomic E-state index is 7.38. The first-order chi connectivity index (χ1) is 9.22. The van der Waals surface area contributed by atoms with Crippen LogP contribution in [-0.4, -0.2) is 20.8 Å². The number of aromatic nitrogens is 3. The third-order valence-electron chi connectivity index (χ3n) is 2.59.